The number of amidine groups is 1. The summed E-state index contributed by atoms with van der Waals surface area (Å²) in [4.78, 5) is 27.6. The number of carbonyl (C=O) groups excluding carboxylic acids is 2. The molecule has 0 aromatic rings. The highest BCUT2D eigenvalue weighted by Gasteiger charge is 2.36. The van der Waals surface area contributed by atoms with Crippen LogP contribution in [-0.2, 0) is 9.53 Å². The van der Waals surface area contributed by atoms with Crippen LogP contribution < -0.4 is 10.6 Å². The second-order valence-corrected chi connectivity index (χ2v) is 10.4. The zero-order chi connectivity index (χ0) is 21.8. The summed E-state index contributed by atoms with van der Waals surface area (Å²) in [7, 11) is 0. The molecular formula is C22H41N4O3+. The standard InChI is InChI=1S/C22H40N4O3/c1-16(2)14-17(15-26-13-9-12-25-11-8-10-18(25)26)23-19(27)22(6,7)24-20(28)29-21(3,4)5/h16-17H,8-15H2,1-7H3,(H-,23,24,27,28)/p+1/t17-/m0/s1. The molecule has 0 unspecified atom stereocenters. The summed E-state index contributed by atoms with van der Waals surface area (Å²) >= 11 is 0. The molecule has 2 amide bonds. The first-order valence-electron chi connectivity index (χ1n) is 11.1. The van der Waals surface area contributed by atoms with E-state index in [2.05, 4.69) is 34.0 Å². The van der Waals surface area contributed by atoms with Crippen LogP contribution in [0, 0.1) is 5.92 Å². The van der Waals surface area contributed by atoms with E-state index in [0.29, 0.717) is 5.92 Å². The first-order chi connectivity index (χ1) is 13.4. The number of ether oxygens (including phenoxy) is 1. The van der Waals surface area contributed by atoms with Gasteiger partial charge in [-0.05, 0) is 53.4 Å². The summed E-state index contributed by atoms with van der Waals surface area (Å²) in [6.45, 7) is 17.4. The van der Waals surface area contributed by atoms with Crippen LogP contribution in [0.25, 0.3) is 0 Å². The fourth-order valence-corrected chi connectivity index (χ4v) is 4.09. The monoisotopic (exact) mass is 409 g/mol. The third kappa shape index (κ3) is 7.19. The number of carbonyl (C=O) groups is 2. The van der Waals surface area contributed by atoms with Gasteiger partial charge in [0.15, 0.2) is 0 Å². The van der Waals surface area contributed by atoms with Crippen molar-refractivity contribution < 1.29 is 18.9 Å². The molecule has 0 aliphatic carbocycles. The Morgan fingerprint density at radius 2 is 1.79 bits per heavy atom. The van der Waals surface area contributed by atoms with Gasteiger partial charge in [0, 0.05) is 6.42 Å². The highest BCUT2D eigenvalue weighted by molar-refractivity contribution is 5.89. The van der Waals surface area contributed by atoms with Crippen molar-refractivity contribution in [1.29, 1.82) is 0 Å². The molecule has 0 spiro atoms. The van der Waals surface area contributed by atoms with Gasteiger partial charge in [0.05, 0.1) is 32.1 Å². The van der Waals surface area contributed by atoms with Crippen molar-refractivity contribution in [1.82, 2.24) is 15.5 Å². The van der Waals surface area contributed by atoms with Gasteiger partial charge in [0.1, 0.15) is 17.7 Å². The zero-order valence-corrected chi connectivity index (χ0v) is 19.4. The molecule has 0 fully saturated rings. The van der Waals surface area contributed by atoms with Crippen LogP contribution in [0.4, 0.5) is 4.79 Å². The van der Waals surface area contributed by atoms with Crippen molar-refractivity contribution in [2.45, 2.75) is 91.3 Å². The molecule has 29 heavy (non-hydrogen) atoms. The van der Waals surface area contributed by atoms with Crippen LogP contribution in [0.3, 0.4) is 0 Å². The van der Waals surface area contributed by atoms with Gasteiger partial charge in [-0.3, -0.25) is 14.3 Å². The highest BCUT2D eigenvalue weighted by atomic mass is 16.6. The molecule has 0 aromatic carbocycles. The van der Waals surface area contributed by atoms with Gasteiger partial charge in [-0.15, -0.1) is 0 Å². The Hall–Kier alpha value is -1.79. The lowest BCUT2D eigenvalue weighted by Gasteiger charge is -2.32. The Kier molecular flexibility index (Phi) is 7.57. The Morgan fingerprint density at radius 1 is 1.14 bits per heavy atom. The molecule has 0 aromatic heterocycles. The lowest BCUT2D eigenvalue weighted by Crippen LogP contribution is -2.59. The maximum atomic E-state index is 13.0. The minimum atomic E-state index is -1.05. The van der Waals surface area contributed by atoms with E-state index in [1.165, 1.54) is 12.3 Å². The number of nitrogens with zero attached hydrogens (tertiary/aromatic N) is 2. The highest BCUT2D eigenvalue weighted by Crippen LogP contribution is 2.17. The predicted octanol–water partition coefficient (Wildman–Crippen LogP) is 2.73. The normalized spacial score (nSPS) is 18.6. The van der Waals surface area contributed by atoms with Crippen molar-refractivity contribution in [3.8, 4) is 0 Å². The largest absolute Gasteiger partial charge is 0.444 e. The van der Waals surface area contributed by atoms with Crippen LogP contribution in [0.2, 0.25) is 0 Å². The van der Waals surface area contributed by atoms with E-state index in [1.807, 2.05) is 0 Å². The van der Waals surface area contributed by atoms with E-state index in [-0.39, 0.29) is 11.9 Å². The third-order valence-electron chi connectivity index (χ3n) is 5.33. The fourth-order valence-electron chi connectivity index (χ4n) is 4.09. The predicted molar refractivity (Wildman–Crippen MR) is 115 cm³/mol. The molecular weight excluding hydrogens is 368 g/mol. The molecule has 0 bridgehead atoms. The average molecular weight is 410 g/mol. The quantitative estimate of drug-likeness (QED) is 0.634. The molecule has 2 aliphatic heterocycles. The Labute approximate surface area is 176 Å². The summed E-state index contributed by atoms with van der Waals surface area (Å²) in [5.41, 5.74) is -1.65. The molecule has 1 atom stereocenters. The minimum absolute atomic E-state index is 0.0373. The first-order valence-corrected chi connectivity index (χ1v) is 11.1. The van der Waals surface area contributed by atoms with Gasteiger partial charge >= 0.3 is 6.09 Å². The number of amides is 2. The van der Waals surface area contributed by atoms with Crippen molar-refractivity contribution in [3.05, 3.63) is 0 Å². The summed E-state index contributed by atoms with van der Waals surface area (Å²) < 4.78 is 7.81. The first kappa shape index (κ1) is 23.5. The van der Waals surface area contributed by atoms with Gasteiger partial charge < -0.3 is 15.4 Å². The van der Waals surface area contributed by atoms with Crippen LogP contribution in [0.15, 0.2) is 0 Å². The van der Waals surface area contributed by atoms with Gasteiger partial charge in [0.25, 0.3) is 0 Å². The van der Waals surface area contributed by atoms with Crippen LogP contribution in [-0.4, -0.2) is 70.7 Å². The maximum absolute atomic E-state index is 13.0. The summed E-state index contributed by atoms with van der Waals surface area (Å²) in [5.74, 6) is 1.72. The van der Waals surface area contributed by atoms with Crippen molar-refractivity contribution in [3.63, 3.8) is 0 Å². The van der Waals surface area contributed by atoms with Crippen molar-refractivity contribution >= 4 is 17.8 Å². The maximum Gasteiger partial charge on any atom is 0.408 e. The zero-order valence-electron chi connectivity index (χ0n) is 19.4. The van der Waals surface area contributed by atoms with Gasteiger partial charge in [-0.1, -0.05) is 13.8 Å². The average Bonchev–Trinajstić information content (AvgIpc) is 3.01. The van der Waals surface area contributed by atoms with Crippen LogP contribution in [0.1, 0.15) is 74.1 Å². The number of rotatable bonds is 7. The lowest BCUT2D eigenvalue weighted by molar-refractivity contribution is -0.530. The molecule has 7 heteroatoms. The molecule has 0 saturated carbocycles. The smallest absolute Gasteiger partial charge is 0.408 e. The molecule has 2 N–H and O–H groups in total. The van der Waals surface area contributed by atoms with Gasteiger partial charge in [0.2, 0.25) is 11.7 Å². The van der Waals surface area contributed by atoms with Crippen LogP contribution in [0.5, 0.6) is 0 Å². The molecule has 166 valence electrons. The number of hydrogen-bond acceptors (Lipinski definition) is 4. The number of alkyl carbamates (subject to hydrolysis) is 1. The summed E-state index contributed by atoms with van der Waals surface area (Å²) in [6, 6.07) is 0.0373. The van der Waals surface area contributed by atoms with E-state index < -0.39 is 17.2 Å². The SMILES string of the molecule is CC(C)C[C@@H](CN1CCC[N+]2=C1CCC2)NC(=O)C(C)(C)NC(=O)OC(C)(C)C. The summed E-state index contributed by atoms with van der Waals surface area (Å²) in [5, 5.41) is 5.91. The number of hydrogen-bond donors (Lipinski definition) is 2. The topological polar surface area (TPSA) is 73.7 Å². The Morgan fingerprint density at radius 3 is 2.41 bits per heavy atom. The molecule has 7 nitrogen and oxygen atoms in total. The fraction of sp³-hybridized carbons (Fsp3) is 0.864. The van der Waals surface area contributed by atoms with E-state index in [4.69, 9.17) is 4.74 Å². The molecule has 2 heterocycles. The van der Waals surface area contributed by atoms with Gasteiger partial charge in [-0.25, -0.2) is 4.79 Å². The Bertz CT molecular complexity index is 634. The van der Waals surface area contributed by atoms with Crippen molar-refractivity contribution in [2.24, 2.45) is 5.92 Å². The molecule has 2 aliphatic rings. The van der Waals surface area contributed by atoms with E-state index in [0.717, 1.165) is 45.4 Å². The molecule has 0 saturated heterocycles. The second kappa shape index (κ2) is 9.35. The Balaban J connectivity index is 2.02. The van der Waals surface area contributed by atoms with E-state index in [9.17, 15) is 9.59 Å². The number of nitrogens with one attached hydrogen (secondary N) is 2. The van der Waals surface area contributed by atoms with Crippen molar-refractivity contribution in [2.75, 3.05) is 26.2 Å². The van der Waals surface area contributed by atoms with E-state index >= 15 is 0 Å². The molecule has 2 rings (SSSR count). The summed E-state index contributed by atoms with van der Waals surface area (Å²) in [6.07, 6.45) is 3.84. The second-order valence-electron chi connectivity index (χ2n) is 10.4. The lowest BCUT2D eigenvalue weighted by atomic mass is 9.99. The minimum Gasteiger partial charge on any atom is -0.444 e. The van der Waals surface area contributed by atoms with Crippen LogP contribution >= 0.6 is 0 Å². The molecule has 0 radical (unpaired) electrons. The van der Waals surface area contributed by atoms with E-state index in [1.54, 1.807) is 34.6 Å². The van der Waals surface area contributed by atoms with Gasteiger partial charge in [-0.2, -0.15) is 0 Å². The third-order valence-corrected chi connectivity index (χ3v) is 5.33.